The van der Waals surface area contributed by atoms with Crippen molar-refractivity contribution >= 4 is 35.2 Å². The molecule has 0 spiro atoms. The molecule has 1 aliphatic heterocycles. The number of carboxylic acid groups (broad SMARTS) is 1. The highest BCUT2D eigenvalue weighted by atomic mass is 16.4. The molecular formula is C30H41N5O5. The van der Waals surface area contributed by atoms with Crippen LogP contribution in [-0.2, 0) is 9.59 Å². The second-order valence-electron chi connectivity index (χ2n) is 11.4. The highest BCUT2D eigenvalue weighted by Crippen LogP contribution is 2.30. The van der Waals surface area contributed by atoms with E-state index >= 15 is 0 Å². The van der Waals surface area contributed by atoms with E-state index in [1.807, 2.05) is 51.7 Å². The molecule has 40 heavy (non-hydrogen) atoms. The molecule has 2 aromatic rings. The smallest absolute Gasteiger partial charge is 0.319 e. The van der Waals surface area contributed by atoms with Crippen molar-refractivity contribution in [2.45, 2.75) is 53.5 Å². The van der Waals surface area contributed by atoms with Crippen LogP contribution in [0.2, 0.25) is 0 Å². The Balaban J connectivity index is 1.81. The van der Waals surface area contributed by atoms with Crippen LogP contribution in [0.5, 0.6) is 0 Å². The molecule has 1 atom stereocenters. The van der Waals surface area contributed by atoms with E-state index < -0.39 is 23.9 Å². The van der Waals surface area contributed by atoms with Crippen molar-refractivity contribution < 1.29 is 24.3 Å². The number of nitrogens with zero attached hydrogens (tertiary/aromatic N) is 2. The third-order valence-electron chi connectivity index (χ3n) is 6.66. The molecule has 4 N–H and O–H groups in total. The lowest BCUT2D eigenvalue weighted by Crippen LogP contribution is -2.49. The molecule has 4 amide bonds. The number of hydrogen-bond donors (Lipinski definition) is 4. The van der Waals surface area contributed by atoms with Crippen LogP contribution in [0.1, 0.15) is 68.1 Å². The van der Waals surface area contributed by atoms with E-state index in [2.05, 4.69) is 20.9 Å². The Hall–Kier alpha value is -4.08. The van der Waals surface area contributed by atoms with Gasteiger partial charge < -0.3 is 30.9 Å². The number of piperazine rings is 1. The van der Waals surface area contributed by atoms with Crippen molar-refractivity contribution in [3.63, 3.8) is 0 Å². The van der Waals surface area contributed by atoms with E-state index in [-0.39, 0.29) is 23.3 Å². The van der Waals surface area contributed by atoms with Crippen LogP contribution in [0, 0.1) is 12.3 Å². The van der Waals surface area contributed by atoms with E-state index in [9.17, 15) is 24.3 Å². The number of aryl methyl sites for hydroxylation is 1. The van der Waals surface area contributed by atoms with Crippen LogP contribution in [0.3, 0.4) is 0 Å². The molecule has 3 rings (SSSR count). The summed E-state index contributed by atoms with van der Waals surface area (Å²) in [6.45, 7) is 12.6. The molecule has 0 saturated carbocycles. The summed E-state index contributed by atoms with van der Waals surface area (Å²) in [6.07, 6.45) is 0.210. The van der Waals surface area contributed by atoms with Gasteiger partial charge in [0.05, 0.1) is 23.8 Å². The minimum Gasteiger partial charge on any atom is -0.481 e. The first-order valence-electron chi connectivity index (χ1n) is 13.7. The van der Waals surface area contributed by atoms with Crippen LogP contribution in [0.4, 0.5) is 16.2 Å². The molecule has 1 fully saturated rings. The van der Waals surface area contributed by atoms with Crippen molar-refractivity contribution in [2.75, 3.05) is 42.9 Å². The maximum Gasteiger partial charge on any atom is 0.319 e. The number of carboxylic acids is 1. The van der Waals surface area contributed by atoms with E-state index in [1.165, 1.54) is 0 Å². The lowest BCUT2D eigenvalue weighted by atomic mass is 9.91. The molecule has 0 aliphatic carbocycles. The van der Waals surface area contributed by atoms with Gasteiger partial charge in [-0.2, -0.15) is 0 Å². The summed E-state index contributed by atoms with van der Waals surface area (Å²) in [5.41, 5.74) is 3.12. The first-order valence-corrected chi connectivity index (χ1v) is 13.7. The van der Waals surface area contributed by atoms with Gasteiger partial charge in [-0.1, -0.05) is 50.6 Å². The Bertz CT molecular complexity index is 1210. The molecule has 0 aromatic heterocycles. The third-order valence-corrected chi connectivity index (χ3v) is 6.66. The second-order valence-corrected chi connectivity index (χ2v) is 11.4. The monoisotopic (exact) mass is 551 g/mol. The number of nitrogens with one attached hydrogen (secondary N) is 3. The molecule has 0 radical (unpaired) electrons. The Labute approximate surface area is 236 Å². The predicted octanol–water partition coefficient (Wildman–Crippen LogP) is 4.17. The summed E-state index contributed by atoms with van der Waals surface area (Å²) in [5, 5.41) is 17.8. The van der Waals surface area contributed by atoms with Crippen molar-refractivity contribution in [2.24, 2.45) is 5.41 Å². The summed E-state index contributed by atoms with van der Waals surface area (Å²) >= 11 is 0. The number of urea groups is 1. The number of amides is 4. The van der Waals surface area contributed by atoms with Crippen LogP contribution in [0.15, 0.2) is 42.5 Å². The second kappa shape index (κ2) is 13.3. The van der Waals surface area contributed by atoms with Gasteiger partial charge in [-0.25, -0.2) is 4.79 Å². The van der Waals surface area contributed by atoms with Gasteiger partial charge in [0.25, 0.3) is 5.91 Å². The van der Waals surface area contributed by atoms with E-state index in [0.29, 0.717) is 50.4 Å². The van der Waals surface area contributed by atoms with Crippen LogP contribution >= 0.6 is 0 Å². The van der Waals surface area contributed by atoms with Gasteiger partial charge in [0.15, 0.2) is 0 Å². The van der Waals surface area contributed by atoms with Crippen LogP contribution in [0.25, 0.3) is 0 Å². The van der Waals surface area contributed by atoms with Crippen LogP contribution < -0.4 is 20.9 Å². The third kappa shape index (κ3) is 8.72. The quantitative estimate of drug-likeness (QED) is 0.370. The molecule has 0 bridgehead atoms. The zero-order valence-electron chi connectivity index (χ0n) is 24.0. The summed E-state index contributed by atoms with van der Waals surface area (Å²) < 4.78 is 0. The van der Waals surface area contributed by atoms with Crippen molar-refractivity contribution in [1.29, 1.82) is 0 Å². The largest absolute Gasteiger partial charge is 0.481 e. The highest BCUT2D eigenvalue weighted by Gasteiger charge is 2.27. The van der Waals surface area contributed by atoms with Gasteiger partial charge >= 0.3 is 12.0 Å². The zero-order chi connectivity index (χ0) is 29.4. The molecule has 1 heterocycles. The molecule has 1 aliphatic rings. The first kappa shape index (κ1) is 30.5. The lowest BCUT2D eigenvalue weighted by Gasteiger charge is -2.38. The number of rotatable bonds is 9. The van der Waals surface area contributed by atoms with Gasteiger partial charge in [0.1, 0.15) is 0 Å². The van der Waals surface area contributed by atoms with E-state index in [1.54, 1.807) is 30.3 Å². The van der Waals surface area contributed by atoms with E-state index in [4.69, 9.17) is 0 Å². The van der Waals surface area contributed by atoms with E-state index in [0.717, 1.165) is 11.3 Å². The zero-order valence-corrected chi connectivity index (χ0v) is 24.0. The molecule has 216 valence electrons. The Morgan fingerprint density at radius 2 is 1.62 bits per heavy atom. The van der Waals surface area contributed by atoms with Crippen molar-refractivity contribution in [3.8, 4) is 0 Å². The Kier molecular flexibility index (Phi) is 10.1. The van der Waals surface area contributed by atoms with Gasteiger partial charge in [0, 0.05) is 44.7 Å². The standard InChI is InChI=1S/C30H41N5O5/c1-6-31-29(40)33-24-17-22(28(39)32-23(18-27(37)38)21-9-7-20(2)8-10-21)11-12-25(24)34-13-15-35(16-14-34)26(36)19-30(3,4)5/h7-12,17,23H,6,13-16,18-19H2,1-5H3,(H,32,39)(H,37,38)(H2,31,33,40). The Morgan fingerprint density at radius 1 is 0.975 bits per heavy atom. The topological polar surface area (TPSA) is 131 Å². The minimum atomic E-state index is -1.03. The number of carbonyl (C=O) groups excluding carboxylic acids is 3. The van der Waals surface area contributed by atoms with Crippen molar-refractivity contribution in [1.82, 2.24) is 15.5 Å². The molecule has 10 heteroatoms. The fraction of sp³-hybridized carbons (Fsp3) is 0.467. The molecule has 2 aromatic carbocycles. The summed E-state index contributed by atoms with van der Waals surface area (Å²) in [4.78, 5) is 53.9. The number of hydrogen-bond acceptors (Lipinski definition) is 5. The predicted molar refractivity (Wildman–Crippen MR) is 156 cm³/mol. The fourth-order valence-corrected chi connectivity index (χ4v) is 4.61. The maximum absolute atomic E-state index is 13.3. The van der Waals surface area contributed by atoms with Gasteiger partial charge in [-0.15, -0.1) is 0 Å². The minimum absolute atomic E-state index is 0.0860. The maximum atomic E-state index is 13.3. The average molecular weight is 552 g/mol. The molecule has 10 nitrogen and oxygen atoms in total. The number of aliphatic carboxylic acids is 1. The Morgan fingerprint density at radius 3 is 2.20 bits per heavy atom. The first-order chi connectivity index (χ1) is 18.9. The molecule has 1 saturated heterocycles. The number of anilines is 2. The summed E-state index contributed by atoms with van der Waals surface area (Å²) in [7, 11) is 0. The summed E-state index contributed by atoms with van der Waals surface area (Å²) in [5.74, 6) is -1.35. The van der Waals surface area contributed by atoms with Crippen molar-refractivity contribution in [3.05, 3.63) is 59.2 Å². The lowest BCUT2D eigenvalue weighted by molar-refractivity contribution is -0.137. The van der Waals surface area contributed by atoms with Gasteiger partial charge in [-0.05, 0) is 43.0 Å². The molecule has 1 unspecified atom stereocenters. The highest BCUT2D eigenvalue weighted by molar-refractivity contribution is 6.00. The number of carbonyl (C=O) groups is 4. The SMILES string of the molecule is CCNC(=O)Nc1cc(C(=O)NC(CC(=O)O)c2ccc(C)cc2)ccc1N1CCN(C(=O)CC(C)(C)C)CC1. The van der Waals surface area contributed by atoms with Gasteiger partial charge in [0.2, 0.25) is 5.91 Å². The van der Waals surface area contributed by atoms with Gasteiger partial charge in [-0.3, -0.25) is 14.4 Å². The average Bonchev–Trinajstić information content (AvgIpc) is 2.87. The van der Waals surface area contributed by atoms with Crippen LogP contribution in [-0.4, -0.2) is 66.5 Å². The summed E-state index contributed by atoms with van der Waals surface area (Å²) in [6, 6.07) is 11.3. The normalized spacial score (nSPS) is 14.3. The molecular weight excluding hydrogens is 510 g/mol. The fourth-order valence-electron chi connectivity index (χ4n) is 4.61. The number of benzene rings is 2.